The maximum Gasteiger partial charge on any atom is 0.410 e. The van der Waals surface area contributed by atoms with Gasteiger partial charge in [-0.15, -0.1) is 6.58 Å². The van der Waals surface area contributed by atoms with E-state index < -0.39 is 29.4 Å². The maximum atomic E-state index is 12.6. The molecule has 1 fully saturated rings. The molecule has 1 unspecified atom stereocenters. The Balaban J connectivity index is 2.21. The Hall–Kier alpha value is -2.63. The van der Waals surface area contributed by atoms with E-state index in [2.05, 4.69) is 6.58 Å². The third-order valence-corrected chi connectivity index (χ3v) is 4.79. The molecule has 6 heteroatoms. The van der Waals surface area contributed by atoms with Gasteiger partial charge in [-0.3, -0.25) is 4.90 Å². The molecular formula is C19H23NO5. The number of amides is 1. The van der Waals surface area contributed by atoms with Crippen molar-refractivity contribution in [1.82, 2.24) is 4.90 Å². The average molecular weight is 345 g/mol. The van der Waals surface area contributed by atoms with E-state index >= 15 is 0 Å². The summed E-state index contributed by atoms with van der Waals surface area (Å²) >= 11 is 0. The third-order valence-electron chi connectivity index (χ3n) is 4.79. The Morgan fingerprint density at radius 3 is 2.60 bits per heavy atom. The second kappa shape index (κ2) is 7.96. The van der Waals surface area contributed by atoms with E-state index in [9.17, 15) is 14.4 Å². The zero-order chi connectivity index (χ0) is 18.4. The van der Waals surface area contributed by atoms with Crippen molar-refractivity contribution in [2.45, 2.75) is 26.0 Å². The predicted molar refractivity (Wildman–Crippen MR) is 91.6 cm³/mol. The molecule has 1 aromatic rings. The lowest BCUT2D eigenvalue weighted by Crippen LogP contribution is -2.48. The van der Waals surface area contributed by atoms with E-state index in [4.69, 9.17) is 9.47 Å². The second-order valence-corrected chi connectivity index (χ2v) is 6.36. The summed E-state index contributed by atoms with van der Waals surface area (Å²) < 4.78 is 10.2. The van der Waals surface area contributed by atoms with Crippen LogP contribution in [0.15, 0.2) is 43.0 Å². The number of likely N-dealkylation sites (tertiary alicyclic amines) is 1. The Morgan fingerprint density at radius 2 is 2.04 bits per heavy atom. The summed E-state index contributed by atoms with van der Waals surface area (Å²) in [6, 6.07) is 8.35. The first kappa shape index (κ1) is 18.7. The quantitative estimate of drug-likeness (QED) is 0.450. The van der Waals surface area contributed by atoms with E-state index in [1.807, 2.05) is 30.3 Å². The van der Waals surface area contributed by atoms with Crippen molar-refractivity contribution in [2.24, 2.45) is 11.3 Å². The summed E-state index contributed by atoms with van der Waals surface area (Å²) in [5.41, 5.74) is 0.0629. The number of hydrogen-bond donors (Lipinski definition) is 0. The van der Waals surface area contributed by atoms with Crippen molar-refractivity contribution in [3.63, 3.8) is 0 Å². The van der Waals surface area contributed by atoms with Crippen LogP contribution < -0.4 is 0 Å². The first-order chi connectivity index (χ1) is 12.0. The minimum absolute atomic E-state index is 0.0913. The fourth-order valence-electron chi connectivity index (χ4n) is 3.35. The molecule has 1 heterocycles. The number of hydrogen-bond acceptors (Lipinski definition) is 5. The minimum atomic E-state index is -0.894. The number of nitrogens with zero attached hydrogens (tertiary/aromatic N) is 1. The summed E-state index contributed by atoms with van der Waals surface area (Å²) in [6.07, 6.45) is 2.19. The Kier molecular flexibility index (Phi) is 5.96. The van der Waals surface area contributed by atoms with Gasteiger partial charge in [0.05, 0.1) is 7.11 Å². The topological polar surface area (TPSA) is 72.9 Å². The minimum Gasteiger partial charge on any atom is -0.467 e. The van der Waals surface area contributed by atoms with E-state index in [1.165, 1.54) is 12.0 Å². The number of ether oxygens (including phenoxy) is 2. The molecule has 2 rings (SSSR count). The standard InChI is InChI=1S/C19H23NO5/c1-4-10-19(2)15(12-21)11-20(16(19)17(22)24-3)18(23)25-13-14-8-6-5-7-9-14/h4-9,12,15-16H,1,10-11,13H2,2-3H3/t15?,16-,19-/m1/s1. The number of aldehydes is 1. The lowest BCUT2D eigenvalue weighted by Gasteiger charge is -2.33. The van der Waals surface area contributed by atoms with Crippen LogP contribution in [-0.4, -0.2) is 42.9 Å². The third kappa shape index (κ3) is 3.73. The van der Waals surface area contributed by atoms with Gasteiger partial charge in [0, 0.05) is 17.9 Å². The van der Waals surface area contributed by atoms with Crippen LogP contribution in [0.25, 0.3) is 0 Å². The van der Waals surface area contributed by atoms with Crippen LogP contribution in [0.3, 0.4) is 0 Å². The molecule has 0 bridgehead atoms. The van der Waals surface area contributed by atoms with Gasteiger partial charge in [-0.2, -0.15) is 0 Å². The van der Waals surface area contributed by atoms with Gasteiger partial charge in [-0.25, -0.2) is 9.59 Å². The highest BCUT2D eigenvalue weighted by molar-refractivity contribution is 5.84. The van der Waals surface area contributed by atoms with E-state index in [-0.39, 0.29) is 13.2 Å². The molecular weight excluding hydrogens is 322 g/mol. The summed E-state index contributed by atoms with van der Waals surface area (Å²) in [7, 11) is 1.26. The molecule has 0 aliphatic carbocycles. The number of esters is 1. The Labute approximate surface area is 147 Å². The predicted octanol–water partition coefficient (Wildman–Crippen LogP) is 2.58. The lowest BCUT2D eigenvalue weighted by molar-refractivity contribution is -0.149. The Bertz CT molecular complexity index is 644. The lowest BCUT2D eigenvalue weighted by atomic mass is 9.73. The molecule has 0 saturated carbocycles. The van der Waals surface area contributed by atoms with Crippen molar-refractivity contribution in [3.8, 4) is 0 Å². The zero-order valence-corrected chi connectivity index (χ0v) is 14.5. The summed E-state index contributed by atoms with van der Waals surface area (Å²) in [5, 5.41) is 0. The highest BCUT2D eigenvalue weighted by Crippen LogP contribution is 2.44. The number of allylic oxidation sites excluding steroid dienone is 1. The van der Waals surface area contributed by atoms with E-state index in [0.29, 0.717) is 6.42 Å². The largest absolute Gasteiger partial charge is 0.467 e. The number of carbonyl (C=O) groups is 3. The molecule has 1 aromatic carbocycles. The molecule has 0 radical (unpaired) electrons. The molecule has 25 heavy (non-hydrogen) atoms. The molecule has 1 amide bonds. The Morgan fingerprint density at radius 1 is 1.36 bits per heavy atom. The molecule has 0 aromatic heterocycles. The molecule has 134 valence electrons. The van der Waals surface area contributed by atoms with E-state index in [0.717, 1.165) is 11.8 Å². The smallest absolute Gasteiger partial charge is 0.410 e. The summed E-state index contributed by atoms with van der Waals surface area (Å²) in [4.78, 5) is 37.7. The molecule has 1 saturated heterocycles. The number of carbonyl (C=O) groups excluding carboxylic acids is 3. The van der Waals surface area contributed by atoms with Gasteiger partial charge in [0.15, 0.2) is 0 Å². The molecule has 3 atom stereocenters. The normalized spacial score (nSPS) is 25.3. The van der Waals surface area contributed by atoms with Crippen molar-refractivity contribution in [1.29, 1.82) is 0 Å². The SMILES string of the molecule is C=CC[C@]1(C)C(C=O)CN(C(=O)OCc2ccccc2)[C@@H]1C(=O)OC. The second-order valence-electron chi connectivity index (χ2n) is 6.36. The van der Waals surface area contributed by atoms with Crippen LogP contribution in [0, 0.1) is 11.3 Å². The summed E-state index contributed by atoms with van der Waals surface area (Å²) in [5.74, 6) is -1.07. The highest BCUT2D eigenvalue weighted by Gasteiger charge is 2.56. The van der Waals surface area contributed by atoms with Crippen LogP contribution in [0.4, 0.5) is 4.79 Å². The summed E-state index contributed by atoms with van der Waals surface area (Å²) in [6.45, 7) is 5.70. The molecule has 0 spiro atoms. The van der Waals surface area contributed by atoms with Gasteiger partial charge in [-0.1, -0.05) is 43.3 Å². The average Bonchev–Trinajstić information content (AvgIpc) is 2.92. The zero-order valence-electron chi connectivity index (χ0n) is 14.5. The van der Waals surface area contributed by atoms with Crippen molar-refractivity contribution in [3.05, 3.63) is 48.6 Å². The van der Waals surface area contributed by atoms with Crippen LogP contribution in [0.2, 0.25) is 0 Å². The van der Waals surface area contributed by atoms with Crippen molar-refractivity contribution >= 4 is 18.3 Å². The van der Waals surface area contributed by atoms with Gasteiger partial charge < -0.3 is 14.3 Å². The molecule has 1 aliphatic rings. The fourth-order valence-corrected chi connectivity index (χ4v) is 3.35. The monoisotopic (exact) mass is 345 g/mol. The van der Waals surface area contributed by atoms with E-state index in [1.54, 1.807) is 13.0 Å². The van der Waals surface area contributed by atoms with Gasteiger partial charge in [0.2, 0.25) is 0 Å². The van der Waals surface area contributed by atoms with Gasteiger partial charge in [-0.05, 0) is 12.0 Å². The number of benzene rings is 1. The number of rotatable bonds is 6. The number of methoxy groups -OCH3 is 1. The van der Waals surface area contributed by atoms with Crippen LogP contribution >= 0.6 is 0 Å². The highest BCUT2D eigenvalue weighted by atomic mass is 16.6. The first-order valence-corrected chi connectivity index (χ1v) is 8.09. The molecule has 0 N–H and O–H groups in total. The van der Waals surface area contributed by atoms with Crippen LogP contribution in [0.5, 0.6) is 0 Å². The van der Waals surface area contributed by atoms with Gasteiger partial charge in [0.25, 0.3) is 0 Å². The van der Waals surface area contributed by atoms with Gasteiger partial charge in [0.1, 0.15) is 18.9 Å². The van der Waals surface area contributed by atoms with Crippen molar-refractivity contribution < 1.29 is 23.9 Å². The fraction of sp³-hybridized carbons (Fsp3) is 0.421. The van der Waals surface area contributed by atoms with Gasteiger partial charge >= 0.3 is 12.1 Å². The molecule has 6 nitrogen and oxygen atoms in total. The van der Waals surface area contributed by atoms with Crippen molar-refractivity contribution in [2.75, 3.05) is 13.7 Å². The van der Waals surface area contributed by atoms with Crippen LogP contribution in [0.1, 0.15) is 18.9 Å². The van der Waals surface area contributed by atoms with Crippen LogP contribution in [-0.2, 0) is 25.7 Å². The maximum absolute atomic E-state index is 12.6. The molecule has 1 aliphatic heterocycles. The first-order valence-electron chi connectivity index (χ1n) is 8.09.